The summed E-state index contributed by atoms with van der Waals surface area (Å²) < 4.78 is 19.6. The van der Waals surface area contributed by atoms with Crippen LogP contribution in [0.3, 0.4) is 0 Å². The predicted molar refractivity (Wildman–Crippen MR) is 156 cm³/mol. The summed E-state index contributed by atoms with van der Waals surface area (Å²) in [5.74, 6) is 5.56. The zero-order chi connectivity index (χ0) is 30.1. The van der Waals surface area contributed by atoms with Gasteiger partial charge in [0.1, 0.15) is 23.3 Å². The molecule has 216 valence electrons. The molecule has 1 aliphatic heterocycles. The minimum atomic E-state index is -0.882. The molecule has 0 saturated carbocycles. The van der Waals surface area contributed by atoms with E-state index in [0.29, 0.717) is 5.52 Å². The van der Waals surface area contributed by atoms with E-state index in [1.54, 1.807) is 20.8 Å². The summed E-state index contributed by atoms with van der Waals surface area (Å²) in [4.78, 5) is 39.2. The van der Waals surface area contributed by atoms with Gasteiger partial charge in [0.15, 0.2) is 5.82 Å². The third-order valence-corrected chi connectivity index (χ3v) is 6.96. The summed E-state index contributed by atoms with van der Waals surface area (Å²) in [7, 11) is 2.07. The number of ether oxygens (including phenoxy) is 1. The number of carbonyl (C=O) groups excluding carboxylic acids is 1. The first-order valence-corrected chi connectivity index (χ1v) is 13.4. The van der Waals surface area contributed by atoms with Gasteiger partial charge in [-0.25, -0.2) is 24.1 Å². The van der Waals surface area contributed by atoms with Gasteiger partial charge in [-0.3, -0.25) is 15.0 Å². The van der Waals surface area contributed by atoms with Gasteiger partial charge in [0.2, 0.25) is 0 Å². The second-order valence-corrected chi connectivity index (χ2v) is 11.8. The zero-order valence-corrected chi connectivity index (χ0v) is 24.6. The van der Waals surface area contributed by atoms with E-state index in [-0.39, 0.29) is 33.2 Å². The third kappa shape index (κ3) is 6.90. The normalized spacial score (nSPS) is 14.8. The Balaban J connectivity index is 1.84. The van der Waals surface area contributed by atoms with Crippen LogP contribution >= 0.6 is 11.6 Å². The fourth-order valence-corrected chi connectivity index (χ4v) is 4.59. The van der Waals surface area contributed by atoms with E-state index in [9.17, 15) is 19.3 Å². The highest BCUT2D eigenvalue weighted by molar-refractivity contribution is 6.31. The maximum Gasteiger partial charge on any atom is 0.420 e. The molecule has 0 N–H and O–H groups in total. The molecule has 3 aromatic rings. The summed E-state index contributed by atoms with van der Waals surface area (Å²) in [6, 6.07) is 6.50. The lowest BCUT2D eigenvalue weighted by atomic mass is 10.0. The lowest BCUT2D eigenvalue weighted by Crippen LogP contribution is -2.53. The lowest BCUT2D eigenvalue weighted by molar-refractivity contribution is -0.385. The first-order chi connectivity index (χ1) is 19.2. The maximum absolute atomic E-state index is 14.0. The average molecular weight is 583 g/mol. The minimum absolute atomic E-state index is 0.00676. The van der Waals surface area contributed by atoms with E-state index in [4.69, 9.17) is 16.3 Å². The Kier molecular flexibility index (Phi) is 8.49. The average Bonchev–Trinajstić information content (AvgIpc) is 2.88. The number of benzene rings is 2. The molecular weight excluding hydrogens is 551 g/mol. The monoisotopic (exact) mass is 582 g/mol. The standard InChI is InChI=1S/C29H32ClFN6O4/c1-28(2,3)41-27(38)36(20-7-8-23(31)22(30)16-20)26-21-17-25(37(39)40)19(15-24(21)32-18-33-26)9-10-29(4,5)35-13-11-34(6)12-14-35/h7-8,15-18H,11-14H2,1-6H3. The molecule has 4 rings (SSSR count). The second kappa shape index (κ2) is 11.6. The van der Waals surface area contributed by atoms with Crippen LogP contribution in [0.15, 0.2) is 36.7 Å². The van der Waals surface area contributed by atoms with Crippen LogP contribution < -0.4 is 4.90 Å². The number of nitro groups is 1. The van der Waals surface area contributed by atoms with Crippen molar-refractivity contribution in [3.05, 3.63) is 63.2 Å². The van der Waals surface area contributed by atoms with E-state index in [2.05, 4.69) is 38.7 Å². The quantitative estimate of drug-likeness (QED) is 0.216. The van der Waals surface area contributed by atoms with E-state index >= 15 is 0 Å². The number of aromatic nitrogens is 2. The molecule has 0 unspecified atom stereocenters. The van der Waals surface area contributed by atoms with Crippen LogP contribution in [-0.2, 0) is 4.74 Å². The summed E-state index contributed by atoms with van der Waals surface area (Å²) in [5, 5.41) is 12.2. The highest BCUT2D eigenvalue weighted by Gasteiger charge is 2.30. The number of amides is 1. The van der Waals surface area contributed by atoms with E-state index < -0.39 is 28.0 Å². The van der Waals surface area contributed by atoms with Gasteiger partial charge in [0.05, 0.1) is 32.1 Å². The van der Waals surface area contributed by atoms with Gasteiger partial charge in [-0.2, -0.15) is 0 Å². The van der Waals surface area contributed by atoms with Crippen molar-refractivity contribution in [3.8, 4) is 11.8 Å². The van der Waals surface area contributed by atoms with Crippen molar-refractivity contribution in [2.75, 3.05) is 38.1 Å². The maximum atomic E-state index is 14.0. The van der Waals surface area contributed by atoms with Crippen molar-refractivity contribution in [2.24, 2.45) is 0 Å². The molecule has 1 aromatic heterocycles. The smallest absolute Gasteiger partial charge is 0.420 e. The van der Waals surface area contributed by atoms with Crippen molar-refractivity contribution < 1.29 is 18.8 Å². The number of anilines is 2. The lowest BCUT2D eigenvalue weighted by Gasteiger charge is -2.40. The molecular formula is C29H32ClFN6O4. The van der Waals surface area contributed by atoms with E-state index in [0.717, 1.165) is 37.1 Å². The molecule has 1 saturated heterocycles. The molecule has 0 radical (unpaired) electrons. The fourth-order valence-electron chi connectivity index (χ4n) is 4.42. The second-order valence-electron chi connectivity index (χ2n) is 11.4. The Bertz CT molecular complexity index is 1550. The number of likely N-dealkylation sites (N-methyl/N-ethyl adjacent to an activating group) is 1. The van der Waals surface area contributed by atoms with Crippen LogP contribution in [-0.4, -0.2) is 75.2 Å². The van der Waals surface area contributed by atoms with Gasteiger partial charge < -0.3 is 9.64 Å². The van der Waals surface area contributed by atoms with Crippen LogP contribution in [0, 0.1) is 27.8 Å². The molecule has 10 nitrogen and oxygen atoms in total. The van der Waals surface area contributed by atoms with Gasteiger partial charge in [-0.05, 0) is 65.9 Å². The number of carbonyl (C=O) groups is 1. The molecule has 41 heavy (non-hydrogen) atoms. The van der Waals surface area contributed by atoms with Crippen LogP contribution in [0.2, 0.25) is 5.02 Å². The predicted octanol–water partition coefficient (Wildman–Crippen LogP) is 5.78. The van der Waals surface area contributed by atoms with Crippen LogP contribution in [0.1, 0.15) is 40.2 Å². The Hall–Kier alpha value is -3.85. The fraction of sp³-hybridized carbons (Fsp3) is 0.414. The number of hydrogen-bond donors (Lipinski definition) is 0. The Morgan fingerprint density at radius 2 is 1.80 bits per heavy atom. The zero-order valence-electron chi connectivity index (χ0n) is 23.9. The topological polar surface area (TPSA) is 105 Å². The van der Waals surface area contributed by atoms with Gasteiger partial charge >= 0.3 is 6.09 Å². The largest absolute Gasteiger partial charge is 0.443 e. The summed E-state index contributed by atoms with van der Waals surface area (Å²) >= 11 is 6.03. The summed E-state index contributed by atoms with van der Waals surface area (Å²) in [6.45, 7) is 12.6. The molecule has 2 heterocycles. The van der Waals surface area contributed by atoms with Crippen LogP contribution in [0.25, 0.3) is 10.9 Å². The molecule has 0 spiro atoms. The van der Waals surface area contributed by atoms with Crippen LogP contribution in [0.5, 0.6) is 0 Å². The van der Waals surface area contributed by atoms with Gasteiger partial charge in [-0.1, -0.05) is 23.4 Å². The Morgan fingerprint density at radius 3 is 2.41 bits per heavy atom. The van der Waals surface area contributed by atoms with Crippen molar-refractivity contribution in [1.29, 1.82) is 0 Å². The molecule has 0 aliphatic carbocycles. The SMILES string of the molecule is CN1CCN(C(C)(C)C#Cc2cc3ncnc(N(C(=O)OC(C)(C)C)c4ccc(F)c(Cl)c4)c3cc2[N+](=O)[O-])CC1. The Labute approximate surface area is 243 Å². The van der Waals surface area contributed by atoms with Crippen LogP contribution in [0.4, 0.5) is 26.4 Å². The van der Waals surface area contributed by atoms with Crippen molar-refractivity contribution >= 4 is 45.8 Å². The number of hydrogen-bond acceptors (Lipinski definition) is 8. The molecule has 1 fully saturated rings. The highest BCUT2D eigenvalue weighted by atomic mass is 35.5. The van der Waals surface area contributed by atoms with Gasteiger partial charge in [-0.15, -0.1) is 0 Å². The number of rotatable bonds is 4. The van der Waals surface area contributed by atoms with Gasteiger partial charge in [0.25, 0.3) is 5.69 Å². The third-order valence-electron chi connectivity index (χ3n) is 6.67. The van der Waals surface area contributed by atoms with E-state index in [1.807, 2.05) is 13.8 Å². The number of fused-ring (bicyclic) bond motifs is 1. The van der Waals surface area contributed by atoms with E-state index in [1.165, 1.54) is 30.6 Å². The van der Waals surface area contributed by atoms with Crippen molar-refractivity contribution in [2.45, 2.75) is 45.8 Å². The summed E-state index contributed by atoms with van der Waals surface area (Å²) in [5.41, 5.74) is -1.00. The molecule has 0 bridgehead atoms. The highest BCUT2D eigenvalue weighted by Crippen LogP contribution is 2.36. The molecule has 1 aliphatic rings. The Morgan fingerprint density at radius 1 is 1.12 bits per heavy atom. The molecule has 2 aromatic carbocycles. The molecule has 12 heteroatoms. The number of halogens is 2. The van der Waals surface area contributed by atoms with Crippen molar-refractivity contribution in [1.82, 2.24) is 19.8 Å². The first-order valence-electron chi connectivity index (χ1n) is 13.0. The summed E-state index contributed by atoms with van der Waals surface area (Å²) in [6.07, 6.45) is 0.401. The number of nitrogens with zero attached hydrogens (tertiary/aromatic N) is 6. The van der Waals surface area contributed by atoms with Gasteiger partial charge in [0, 0.05) is 32.2 Å². The number of nitro benzene ring substituents is 1. The molecule has 0 atom stereocenters. The first kappa shape index (κ1) is 30.1. The molecule has 1 amide bonds. The minimum Gasteiger partial charge on any atom is -0.443 e. The van der Waals surface area contributed by atoms with Crippen molar-refractivity contribution in [3.63, 3.8) is 0 Å². The number of piperazine rings is 1.